The summed E-state index contributed by atoms with van der Waals surface area (Å²) in [5.41, 5.74) is 5.84. The zero-order chi connectivity index (χ0) is 22.0. The van der Waals surface area contributed by atoms with Gasteiger partial charge in [-0.2, -0.15) is 0 Å². The predicted octanol–water partition coefficient (Wildman–Crippen LogP) is -1.04. The summed E-state index contributed by atoms with van der Waals surface area (Å²) < 4.78 is 0. The summed E-state index contributed by atoms with van der Waals surface area (Å²) in [7, 11) is 0. The zero-order valence-electron chi connectivity index (χ0n) is 17.2. The van der Waals surface area contributed by atoms with Crippen molar-refractivity contribution in [2.45, 2.75) is 71.7 Å². The first kappa shape index (κ1) is 25.8. The molecule has 10 heteroatoms. The van der Waals surface area contributed by atoms with Gasteiger partial charge in [-0.05, 0) is 31.6 Å². The van der Waals surface area contributed by atoms with E-state index in [1.165, 1.54) is 6.92 Å². The Morgan fingerprint density at radius 3 is 1.86 bits per heavy atom. The van der Waals surface area contributed by atoms with Gasteiger partial charge in [0.1, 0.15) is 6.04 Å². The molecule has 7 N–H and O–H groups in total. The van der Waals surface area contributed by atoms with E-state index in [1.807, 2.05) is 27.7 Å². The second-order valence-corrected chi connectivity index (χ2v) is 7.77. The molecule has 0 bridgehead atoms. The predicted molar refractivity (Wildman–Crippen MR) is 103 cm³/mol. The first-order valence-electron chi connectivity index (χ1n) is 9.39. The van der Waals surface area contributed by atoms with Crippen molar-refractivity contribution in [2.24, 2.45) is 17.6 Å². The van der Waals surface area contributed by atoms with Gasteiger partial charge in [0, 0.05) is 0 Å². The van der Waals surface area contributed by atoms with Crippen LogP contribution in [0.5, 0.6) is 0 Å². The van der Waals surface area contributed by atoms with Crippen LogP contribution in [0.1, 0.15) is 47.5 Å². The van der Waals surface area contributed by atoms with E-state index in [9.17, 15) is 24.3 Å². The Morgan fingerprint density at radius 2 is 1.43 bits per heavy atom. The quantitative estimate of drug-likeness (QED) is 0.242. The summed E-state index contributed by atoms with van der Waals surface area (Å²) in [6.07, 6.45) is -0.480. The minimum Gasteiger partial charge on any atom is -0.480 e. The van der Waals surface area contributed by atoms with Crippen molar-refractivity contribution in [1.82, 2.24) is 16.0 Å². The van der Waals surface area contributed by atoms with Crippen LogP contribution in [-0.2, 0) is 19.2 Å². The maximum Gasteiger partial charge on any atom is 0.328 e. The van der Waals surface area contributed by atoms with Gasteiger partial charge in [0.2, 0.25) is 17.7 Å². The molecule has 0 saturated carbocycles. The minimum absolute atomic E-state index is 0.0952. The van der Waals surface area contributed by atoms with Crippen molar-refractivity contribution >= 4 is 23.7 Å². The number of nitrogens with one attached hydrogen (secondary N) is 3. The maximum atomic E-state index is 12.4. The maximum absolute atomic E-state index is 12.4. The van der Waals surface area contributed by atoms with E-state index < -0.39 is 54.5 Å². The lowest BCUT2D eigenvalue weighted by Crippen LogP contribution is -2.54. The molecule has 0 saturated heterocycles. The lowest BCUT2D eigenvalue weighted by molar-refractivity contribution is -0.144. The molecule has 0 aliphatic heterocycles. The van der Waals surface area contributed by atoms with E-state index in [-0.39, 0.29) is 11.8 Å². The number of aliphatic carboxylic acids is 1. The lowest BCUT2D eigenvalue weighted by Gasteiger charge is -2.23. The topological polar surface area (TPSA) is 171 Å². The molecule has 3 amide bonds. The molecule has 0 spiro atoms. The van der Waals surface area contributed by atoms with Gasteiger partial charge in [-0.1, -0.05) is 27.7 Å². The van der Waals surface area contributed by atoms with Crippen molar-refractivity contribution < 1.29 is 29.4 Å². The molecule has 4 unspecified atom stereocenters. The number of hydrogen-bond acceptors (Lipinski definition) is 6. The third-order valence-corrected chi connectivity index (χ3v) is 3.89. The Balaban J connectivity index is 4.83. The number of carbonyl (C=O) groups is 4. The highest BCUT2D eigenvalue weighted by atomic mass is 16.4. The van der Waals surface area contributed by atoms with Gasteiger partial charge in [-0.15, -0.1) is 0 Å². The standard InChI is InChI=1S/C18H34N4O6/c1-9(2)6-12(19)16(25)21-13(7-10(3)4)17(26)20-8-14(24)22-15(11(5)23)18(27)28/h9-13,15,23H,6-8,19H2,1-5H3,(H,20,26)(H,21,25)(H,22,24)(H,27,28). The highest BCUT2D eigenvalue weighted by Crippen LogP contribution is 2.07. The fourth-order valence-electron chi connectivity index (χ4n) is 2.50. The molecule has 0 heterocycles. The first-order valence-corrected chi connectivity index (χ1v) is 9.39. The molecule has 10 nitrogen and oxygen atoms in total. The van der Waals surface area contributed by atoms with Crippen molar-refractivity contribution in [1.29, 1.82) is 0 Å². The second-order valence-electron chi connectivity index (χ2n) is 7.77. The molecule has 0 aliphatic rings. The molecular weight excluding hydrogens is 368 g/mol. The number of hydrogen-bond donors (Lipinski definition) is 6. The summed E-state index contributed by atoms with van der Waals surface area (Å²) in [5.74, 6) is -2.86. The molecule has 0 rings (SSSR count). The van der Waals surface area contributed by atoms with Crippen LogP contribution < -0.4 is 21.7 Å². The van der Waals surface area contributed by atoms with Gasteiger partial charge in [-0.25, -0.2) is 4.79 Å². The third-order valence-electron chi connectivity index (χ3n) is 3.89. The minimum atomic E-state index is -1.48. The molecule has 28 heavy (non-hydrogen) atoms. The number of rotatable bonds is 12. The summed E-state index contributed by atoms with van der Waals surface area (Å²) in [4.78, 5) is 47.5. The van der Waals surface area contributed by atoms with Crippen LogP contribution in [-0.4, -0.2) is 64.7 Å². The molecule has 0 aromatic rings. The van der Waals surface area contributed by atoms with Crippen LogP contribution in [0.25, 0.3) is 0 Å². The number of carboxylic acid groups (broad SMARTS) is 1. The SMILES string of the molecule is CC(C)CC(N)C(=O)NC(CC(C)C)C(=O)NCC(=O)NC(C(=O)O)C(C)O. The smallest absolute Gasteiger partial charge is 0.328 e. The number of nitrogens with two attached hydrogens (primary N) is 1. The van der Waals surface area contributed by atoms with Crippen molar-refractivity contribution in [3.8, 4) is 0 Å². The Kier molecular flexibility index (Phi) is 11.3. The summed E-state index contributed by atoms with van der Waals surface area (Å²) in [6.45, 7) is 8.37. The van der Waals surface area contributed by atoms with Crippen molar-refractivity contribution in [2.75, 3.05) is 6.54 Å². The van der Waals surface area contributed by atoms with Crippen LogP contribution in [0.4, 0.5) is 0 Å². The largest absolute Gasteiger partial charge is 0.480 e. The Bertz CT molecular complexity index is 550. The molecule has 162 valence electrons. The molecule has 0 fully saturated rings. The fourth-order valence-corrected chi connectivity index (χ4v) is 2.50. The zero-order valence-corrected chi connectivity index (χ0v) is 17.2. The van der Waals surface area contributed by atoms with E-state index in [1.54, 1.807) is 0 Å². The molecule has 0 aliphatic carbocycles. The Morgan fingerprint density at radius 1 is 0.893 bits per heavy atom. The number of aliphatic hydroxyl groups is 1. The first-order chi connectivity index (χ1) is 12.8. The van der Waals surface area contributed by atoms with Crippen LogP contribution >= 0.6 is 0 Å². The summed E-state index contributed by atoms with van der Waals surface area (Å²) >= 11 is 0. The normalized spacial score (nSPS) is 15.5. The Hall–Kier alpha value is -2.20. The number of aliphatic hydroxyl groups excluding tert-OH is 1. The number of carboxylic acids is 1. The molecule has 0 aromatic carbocycles. The van der Waals surface area contributed by atoms with E-state index in [0.29, 0.717) is 12.8 Å². The highest BCUT2D eigenvalue weighted by molar-refractivity contribution is 5.92. The van der Waals surface area contributed by atoms with Gasteiger partial charge < -0.3 is 31.9 Å². The van der Waals surface area contributed by atoms with Gasteiger partial charge in [0.25, 0.3) is 0 Å². The average Bonchev–Trinajstić information content (AvgIpc) is 2.55. The lowest BCUT2D eigenvalue weighted by atomic mass is 10.0. The monoisotopic (exact) mass is 402 g/mol. The third kappa shape index (κ3) is 10.2. The van der Waals surface area contributed by atoms with Crippen molar-refractivity contribution in [3.05, 3.63) is 0 Å². The molecule has 0 radical (unpaired) electrons. The molecule has 4 atom stereocenters. The number of carbonyl (C=O) groups excluding carboxylic acids is 3. The summed E-state index contributed by atoms with van der Waals surface area (Å²) in [5, 5.41) is 25.4. The molecule has 0 aromatic heterocycles. The van der Waals surface area contributed by atoms with Crippen LogP contribution in [0.2, 0.25) is 0 Å². The van der Waals surface area contributed by atoms with Crippen molar-refractivity contribution in [3.63, 3.8) is 0 Å². The van der Waals surface area contributed by atoms with Crippen LogP contribution in [0, 0.1) is 11.8 Å². The van der Waals surface area contributed by atoms with Gasteiger partial charge in [0.15, 0.2) is 6.04 Å². The fraction of sp³-hybridized carbons (Fsp3) is 0.778. The number of amides is 3. The van der Waals surface area contributed by atoms with E-state index in [0.717, 1.165) is 0 Å². The summed E-state index contributed by atoms with van der Waals surface area (Å²) in [6, 6.07) is -3.09. The average molecular weight is 402 g/mol. The van der Waals surface area contributed by atoms with E-state index in [2.05, 4.69) is 16.0 Å². The van der Waals surface area contributed by atoms with Gasteiger partial charge >= 0.3 is 5.97 Å². The highest BCUT2D eigenvalue weighted by Gasteiger charge is 2.27. The second kappa shape index (κ2) is 12.3. The van der Waals surface area contributed by atoms with Gasteiger partial charge in [-0.3, -0.25) is 14.4 Å². The van der Waals surface area contributed by atoms with Crippen LogP contribution in [0.15, 0.2) is 0 Å². The Labute approximate surface area is 165 Å². The van der Waals surface area contributed by atoms with E-state index in [4.69, 9.17) is 10.8 Å². The van der Waals surface area contributed by atoms with Gasteiger partial charge in [0.05, 0.1) is 18.7 Å². The van der Waals surface area contributed by atoms with E-state index >= 15 is 0 Å². The van der Waals surface area contributed by atoms with Crippen LogP contribution in [0.3, 0.4) is 0 Å². The molecular formula is C18H34N4O6.